The molecule has 1 aliphatic heterocycles. The van der Waals surface area contributed by atoms with E-state index >= 15 is 0 Å². The van der Waals surface area contributed by atoms with Crippen LogP contribution in [0.2, 0.25) is 10.0 Å². The monoisotopic (exact) mass is 462 g/mol. The van der Waals surface area contributed by atoms with E-state index in [2.05, 4.69) is 5.32 Å². The molecule has 31 heavy (non-hydrogen) atoms. The molecule has 0 saturated carbocycles. The van der Waals surface area contributed by atoms with Gasteiger partial charge in [-0.1, -0.05) is 47.5 Å². The molecule has 0 saturated heterocycles. The first-order valence-electron chi connectivity index (χ1n) is 9.52. The summed E-state index contributed by atoms with van der Waals surface area (Å²) in [5, 5.41) is 23.1. The van der Waals surface area contributed by atoms with Gasteiger partial charge in [0.2, 0.25) is 0 Å². The van der Waals surface area contributed by atoms with Crippen molar-refractivity contribution < 1.29 is 24.6 Å². The second-order valence-corrected chi connectivity index (χ2v) is 7.87. The van der Waals surface area contributed by atoms with Crippen LogP contribution in [-0.4, -0.2) is 46.0 Å². The zero-order valence-corrected chi connectivity index (χ0v) is 17.9. The number of nitrogens with one attached hydrogen (secondary N) is 1. The minimum absolute atomic E-state index is 0.0283. The Morgan fingerprint density at radius 3 is 2.55 bits per heavy atom. The number of carboxylic acids is 1. The molecule has 7 nitrogen and oxygen atoms in total. The summed E-state index contributed by atoms with van der Waals surface area (Å²) in [5.41, 5.74) is 1.42. The summed E-state index contributed by atoms with van der Waals surface area (Å²) in [6.45, 7) is 0.211. The third-order valence-corrected chi connectivity index (χ3v) is 5.66. The van der Waals surface area contributed by atoms with Crippen molar-refractivity contribution in [1.82, 2.24) is 10.2 Å². The van der Waals surface area contributed by atoms with Gasteiger partial charge in [0, 0.05) is 13.1 Å². The Bertz CT molecular complexity index is 1070. The van der Waals surface area contributed by atoms with Crippen molar-refractivity contribution in [2.24, 2.45) is 0 Å². The van der Waals surface area contributed by atoms with Gasteiger partial charge in [0.05, 0.1) is 27.7 Å². The summed E-state index contributed by atoms with van der Waals surface area (Å²) in [4.78, 5) is 37.4. The summed E-state index contributed by atoms with van der Waals surface area (Å²) in [6.07, 6.45) is 1.29. The van der Waals surface area contributed by atoms with Crippen LogP contribution >= 0.6 is 23.2 Å². The highest BCUT2D eigenvalue weighted by molar-refractivity contribution is 6.42. The summed E-state index contributed by atoms with van der Waals surface area (Å²) < 4.78 is 0. The average Bonchev–Trinajstić information content (AvgIpc) is 3.02. The number of halogens is 2. The molecule has 1 heterocycles. The van der Waals surface area contributed by atoms with Crippen molar-refractivity contribution >= 4 is 41.0 Å². The minimum atomic E-state index is -1.11. The molecule has 0 bridgehead atoms. The van der Waals surface area contributed by atoms with Crippen LogP contribution < -0.4 is 5.32 Å². The number of aliphatic hydroxyl groups is 1. The van der Waals surface area contributed by atoms with E-state index < -0.39 is 23.5 Å². The fraction of sp³-hybridized carbons (Fsp3) is 0.227. The minimum Gasteiger partial charge on any atom is -0.503 e. The average molecular weight is 463 g/mol. The van der Waals surface area contributed by atoms with Crippen molar-refractivity contribution in [3.8, 4) is 0 Å². The molecule has 162 valence electrons. The number of benzene rings is 2. The molecule has 2 amide bonds. The predicted octanol–water partition coefficient (Wildman–Crippen LogP) is 3.59. The van der Waals surface area contributed by atoms with Gasteiger partial charge in [0.15, 0.2) is 5.76 Å². The Morgan fingerprint density at radius 1 is 1.10 bits per heavy atom. The van der Waals surface area contributed by atoms with Gasteiger partial charge >= 0.3 is 5.97 Å². The van der Waals surface area contributed by atoms with E-state index in [-0.39, 0.29) is 24.2 Å². The Balaban J connectivity index is 1.55. The summed E-state index contributed by atoms with van der Waals surface area (Å²) >= 11 is 11.9. The van der Waals surface area contributed by atoms with Crippen LogP contribution in [-0.2, 0) is 22.6 Å². The molecular formula is C22H20Cl2N2O5. The first kappa shape index (κ1) is 22.7. The fourth-order valence-corrected chi connectivity index (χ4v) is 3.61. The maximum atomic E-state index is 12.4. The number of carbonyl (C=O) groups is 3. The lowest BCUT2D eigenvalue weighted by Gasteiger charge is -2.17. The number of aromatic carboxylic acids is 1. The van der Waals surface area contributed by atoms with Gasteiger partial charge in [0.25, 0.3) is 11.8 Å². The fourth-order valence-electron chi connectivity index (χ4n) is 3.29. The van der Waals surface area contributed by atoms with E-state index in [1.54, 1.807) is 30.3 Å². The maximum Gasteiger partial charge on any atom is 0.336 e. The number of aliphatic hydroxyl groups excluding tert-OH is 1. The van der Waals surface area contributed by atoms with Gasteiger partial charge in [-0.05, 0) is 42.2 Å². The zero-order valence-electron chi connectivity index (χ0n) is 16.4. The SMILES string of the molecule is O=C(NCCCc1ccc(Cl)c(Cl)c1)C1=C(O)C(=O)N(Cc2ccccc2C(=O)O)C1. The maximum absolute atomic E-state index is 12.4. The van der Waals surface area contributed by atoms with Crippen molar-refractivity contribution in [3.05, 3.63) is 80.5 Å². The second-order valence-electron chi connectivity index (χ2n) is 7.06. The van der Waals surface area contributed by atoms with Gasteiger partial charge < -0.3 is 20.4 Å². The largest absolute Gasteiger partial charge is 0.503 e. The molecule has 0 aliphatic carbocycles. The molecule has 3 rings (SSSR count). The lowest BCUT2D eigenvalue weighted by molar-refractivity contribution is -0.128. The van der Waals surface area contributed by atoms with E-state index in [4.69, 9.17) is 23.2 Å². The number of hydrogen-bond acceptors (Lipinski definition) is 4. The molecule has 0 fully saturated rings. The van der Waals surface area contributed by atoms with Crippen molar-refractivity contribution in [1.29, 1.82) is 0 Å². The molecule has 2 aromatic rings. The molecule has 0 unspecified atom stereocenters. The van der Waals surface area contributed by atoms with Crippen molar-refractivity contribution in [2.75, 3.05) is 13.1 Å². The standard InChI is InChI=1S/C22H20Cl2N2O5/c23-17-8-7-13(10-18(17)24)4-3-9-25-20(28)16-12-26(21(29)19(16)27)11-14-5-1-2-6-15(14)22(30)31/h1-2,5-8,10,27H,3-4,9,11-12H2,(H,25,28)(H,30,31). The van der Waals surface area contributed by atoms with Crippen LogP contribution in [0, 0.1) is 0 Å². The first-order chi connectivity index (χ1) is 14.8. The van der Waals surface area contributed by atoms with E-state index in [1.165, 1.54) is 11.0 Å². The number of nitrogens with zero attached hydrogens (tertiary/aromatic N) is 1. The molecule has 2 aromatic carbocycles. The third kappa shape index (κ3) is 5.37. The molecule has 0 atom stereocenters. The normalized spacial score (nSPS) is 13.6. The smallest absolute Gasteiger partial charge is 0.336 e. The highest BCUT2D eigenvalue weighted by Crippen LogP contribution is 2.23. The number of aryl methyl sites for hydroxylation is 1. The molecule has 3 N–H and O–H groups in total. The third-order valence-electron chi connectivity index (χ3n) is 4.92. The summed E-state index contributed by atoms with van der Waals surface area (Å²) in [5.74, 6) is -2.97. The van der Waals surface area contributed by atoms with Crippen LogP contribution in [0.5, 0.6) is 0 Å². The number of amides is 2. The van der Waals surface area contributed by atoms with Crippen LogP contribution in [0.15, 0.2) is 53.8 Å². The zero-order chi connectivity index (χ0) is 22.5. The Labute approximate surface area is 188 Å². The van der Waals surface area contributed by atoms with Crippen LogP contribution in [0.25, 0.3) is 0 Å². The van der Waals surface area contributed by atoms with E-state index in [9.17, 15) is 24.6 Å². The highest BCUT2D eigenvalue weighted by atomic mass is 35.5. The Kier molecular flexibility index (Phi) is 7.20. The second kappa shape index (κ2) is 9.85. The van der Waals surface area contributed by atoms with Crippen molar-refractivity contribution in [3.63, 3.8) is 0 Å². The molecule has 0 radical (unpaired) electrons. The summed E-state index contributed by atoms with van der Waals surface area (Å²) in [7, 11) is 0. The molecule has 0 spiro atoms. The van der Waals surface area contributed by atoms with Gasteiger partial charge in [-0.2, -0.15) is 0 Å². The molecule has 0 aromatic heterocycles. The quantitative estimate of drug-likeness (QED) is 0.519. The molecular weight excluding hydrogens is 443 g/mol. The lowest BCUT2D eigenvalue weighted by Crippen LogP contribution is -2.31. The number of hydrogen-bond donors (Lipinski definition) is 3. The van der Waals surface area contributed by atoms with Crippen LogP contribution in [0.4, 0.5) is 0 Å². The lowest BCUT2D eigenvalue weighted by atomic mass is 10.1. The first-order valence-corrected chi connectivity index (χ1v) is 10.3. The Morgan fingerprint density at radius 2 is 1.84 bits per heavy atom. The molecule has 1 aliphatic rings. The highest BCUT2D eigenvalue weighted by Gasteiger charge is 2.34. The van der Waals surface area contributed by atoms with Gasteiger partial charge in [0.1, 0.15) is 0 Å². The van der Waals surface area contributed by atoms with Crippen molar-refractivity contribution in [2.45, 2.75) is 19.4 Å². The number of carboxylic acid groups (broad SMARTS) is 1. The van der Waals surface area contributed by atoms with Gasteiger partial charge in [-0.3, -0.25) is 9.59 Å². The summed E-state index contributed by atoms with van der Waals surface area (Å²) in [6, 6.07) is 11.6. The Hall–Kier alpha value is -3.03. The topological polar surface area (TPSA) is 107 Å². The number of carbonyl (C=O) groups excluding carboxylic acids is 2. The van der Waals surface area contributed by atoms with Gasteiger partial charge in [-0.25, -0.2) is 4.79 Å². The van der Waals surface area contributed by atoms with Crippen LogP contribution in [0.3, 0.4) is 0 Å². The van der Waals surface area contributed by atoms with E-state index in [0.29, 0.717) is 35.0 Å². The predicted molar refractivity (Wildman–Crippen MR) is 116 cm³/mol. The van der Waals surface area contributed by atoms with E-state index in [1.807, 2.05) is 6.07 Å². The van der Waals surface area contributed by atoms with Gasteiger partial charge in [-0.15, -0.1) is 0 Å². The van der Waals surface area contributed by atoms with E-state index in [0.717, 1.165) is 5.56 Å². The number of rotatable bonds is 8. The molecule has 9 heteroatoms. The van der Waals surface area contributed by atoms with Crippen LogP contribution in [0.1, 0.15) is 27.9 Å².